The minimum Gasteiger partial charge on any atom is -0.357 e. The molecule has 0 aliphatic heterocycles. The van der Waals surface area contributed by atoms with Crippen molar-refractivity contribution in [1.29, 1.82) is 0 Å². The van der Waals surface area contributed by atoms with Crippen molar-refractivity contribution in [3.63, 3.8) is 0 Å². The molecule has 108 valence electrons. The van der Waals surface area contributed by atoms with E-state index in [0.29, 0.717) is 17.1 Å². The molecule has 0 spiro atoms. The molecule has 0 saturated heterocycles. The summed E-state index contributed by atoms with van der Waals surface area (Å²) in [4.78, 5) is 8.17. The highest BCUT2D eigenvalue weighted by Gasteiger charge is 2.15. The zero-order valence-electron chi connectivity index (χ0n) is 10.7. The smallest absolute Gasteiger partial charge is 0.226 e. The largest absolute Gasteiger partial charge is 0.357 e. The first-order valence-electron chi connectivity index (χ1n) is 5.89. The Bertz CT molecular complexity index is 816. The Kier molecular flexibility index (Phi) is 3.09. The molecule has 0 amide bonds. The second kappa shape index (κ2) is 4.93. The Hall–Kier alpha value is -2.84. The summed E-state index contributed by atoms with van der Waals surface area (Å²) < 4.78 is 40.1. The molecule has 21 heavy (non-hydrogen) atoms. The van der Waals surface area contributed by atoms with Gasteiger partial charge in [0, 0.05) is 19.2 Å². The molecular formula is C12H9F3N6. The summed E-state index contributed by atoms with van der Waals surface area (Å²) in [7, 11) is 1.60. The Morgan fingerprint density at radius 1 is 1.14 bits per heavy atom. The molecule has 2 aromatic heterocycles. The quantitative estimate of drug-likeness (QED) is 0.647. The number of nitrogens with one attached hydrogen (secondary N) is 3. The van der Waals surface area contributed by atoms with E-state index in [2.05, 4.69) is 30.8 Å². The third-order valence-corrected chi connectivity index (χ3v) is 2.78. The number of aromatic nitrogens is 4. The lowest BCUT2D eigenvalue weighted by Crippen LogP contribution is -2.03. The van der Waals surface area contributed by atoms with Crippen molar-refractivity contribution < 1.29 is 13.2 Å². The van der Waals surface area contributed by atoms with E-state index in [1.54, 1.807) is 7.05 Å². The average molecular weight is 294 g/mol. The van der Waals surface area contributed by atoms with E-state index >= 15 is 0 Å². The van der Waals surface area contributed by atoms with Crippen LogP contribution in [0.25, 0.3) is 11.0 Å². The van der Waals surface area contributed by atoms with Crippen LogP contribution in [-0.2, 0) is 0 Å². The molecule has 1 aromatic carbocycles. The van der Waals surface area contributed by atoms with Gasteiger partial charge in [-0.3, -0.25) is 5.10 Å². The van der Waals surface area contributed by atoms with Crippen molar-refractivity contribution in [2.45, 2.75) is 0 Å². The van der Waals surface area contributed by atoms with Crippen LogP contribution in [0, 0.1) is 17.5 Å². The minimum atomic E-state index is -1.29. The van der Waals surface area contributed by atoms with Gasteiger partial charge in [0.05, 0.1) is 17.3 Å². The predicted octanol–water partition coefficient (Wildman–Crippen LogP) is 2.56. The number of hydrogen-bond acceptors (Lipinski definition) is 5. The van der Waals surface area contributed by atoms with Gasteiger partial charge in [0.15, 0.2) is 17.3 Å². The number of aromatic amines is 1. The molecule has 0 unspecified atom stereocenters. The fourth-order valence-electron chi connectivity index (χ4n) is 1.82. The van der Waals surface area contributed by atoms with E-state index < -0.39 is 17.5 Å². The summed E-state index contributed by atoms with van der Waals surface area (Å²) >= 11 is 0. The molecule has 3 rings (SSSR count). The van der Waals surface area contributed by atoms with Gasteiger partial charge in [0.25, 0.3) is 0 Å². The van der Waals surface area contributed by atoms with Crippen LogP contribution in [0.4, 0.5) is 30.6 Å². The van der Waals surface area contributed by atoms with Gasteiger partial charge in [-0.15, -0.1) is 0 Å². The topological polar surface area (TPSA) is 78.5 Å². The van der Waals surface area contributed by atoms with E-state index in [-0.39, 0.29) is 17.5 Å². The number of H-pyrrole nitrogens is 1. The maximum Gasteiger partial charge on any atom is 0.226 e. The van der Waals surface area contributed by atoms with Crippen LogP contribution in [0.2, 0.25) is 0 Å². The first kappa shape index (κ1) is 13.2. The zero-order valence-corrected chi connectivity index (χ0v) is 10.7. The molecule has 0 aliphatic carbocycles. The molecule has 0 atom stereocenters. The molecule has 0 aliphatic rings. The van der Waals surface area contributed by atoms with Crippen LogP contribution in [0.3, 0.4) is 0 Å². The average Bonchev–Trinajstić information content (AvgIpc) is 2.92. The van der Waals surface area contributed by atoms with Crippen molar-refractivity contribution in [3.05, 3.63) is 35.8 Å². The number of rotatable bonds is 3. The van der Waals surface area contributed by atoms with Gasteiger partial charge in [-0.25, -0.2) is 13.2 Å². The standard InChI is InChI=1S/C12H9F3N6/c1-16-12-19-10(6-4-17-21-11(6)20-12)18-8-3-5(13)2-7(14)9(8)15/h2-4H,1H3,(H3,16,17,18,19,20,21). The van der Waals surface area contributed by atoms with Gasteiger partial charge in [0.1, 0.15) is 11.6 Å². The number of benzene rings is 1. The summed E-state index contributed by atoms with van der Waals surface area (Å²) in [6, 6.07) is 1.30. The van der Waals surface area contributed by atoms with Gasteiger partial charge >= 0.3 is 0 Å². The fraction of sp³-hybridized carbons (Fsp3) is 0.0833. The highest BCUT2D eigenvalue weighted by atomic mass is 19.2. The molecule has 6 nitrogen and oxygen atoms in total. The van der Waals surface area contributed by atoms with E-state index in [1.165, 1.54) is 6.20 Å². The Morgan fingerprint density at radius 3 is 2.71 bits per heavy atom. The number of nitrogens with zero attached hydrogens (tertiary/aromatic N) is 3. The SMILES string of the molecule is CNc1nc(Nc2cc(F)cc(F)c2F)c2cn[nH]c2n1. The Balaban J connectivity index is 2.11. The monoisotopic (exact) mass is 294 g/mol. The summed E-state index contributed by atoms with van der Waals surface area (Å²) in [6.07, 6.45) is 1.42. The molecule has 0 fully saturated rings. The van der Waals surface area contributed by atoms with Gasteiger partial charge in [-0.2, -0.15) is 15.1 Å². The van der Waals surface area contributed by atoms with Crippen molar-refractivity contribution >= 4 is 28.5 Å². The number of halogens is 3. The Morgan fingerprint density at radius 2 is 1.95 bits per heavy atom. The van der Waals surface area contributed by atoms with Crippen molar-refractivity contribution in [1.82, 2.24) is 20.2 Å². The number of hydrogen-bond donors (Lipinski definition) is 3. The molecule has 0 bridgehead atoms. The first-order chi connectivity index (χ1) is 10.1. The maximum absolute atomic E-state index is 13.7. The van der Waals surface area contributed by atoms with Crippen molar-refractivity contribution in [3.8, 4) is 0 Å². The highest BCUT2D eigenvalue weighted by molar-refractivity contribution is 5.89. The lowest BCUT2D eigenvalue weighted by molar-refractivity contribution is 0.498. The molecule has 3 aromatic rings. The second-order valence-corrected chi connectivity index (χ2v) is 4.15. The highest BCUT2D eigenvalue weighted by Crippen LogP contribution is 2.27. The number of anilines is 3. The maximum atomic E-state index is 13.7. The summed E-state index contributed by atoms with van der Waals surface area (Å²) in [5.74, 6) is -2.97. The third-order valence-electron chi connectivity index (χ3n) is 2.78. The van der Waals surface area contributed by atoms with Gasteiger partial charge < -0.3 is 10.6 Å². The van der Waals surface area contributed by atoms with Crippen LogP contribution < -0.4 is 10.6 Å². The van der Waals surface area contributed by atoms with Crippen molar-refractivity contribution in [2.24, 2.45) is 0 Å². The normalized spacial score (nSPS) is 10.9. The summed E-state index contributed by atoms with van der Waals surface area (Å²) in [5.41, 5.74) is 0.0323. The fourth-order valence-corrected chi connectivity index (χ4v) is 1.82. The lowest BCUT2D eigenvalue weighted by Gasteiger charge is -2.09. The van der Waals surface area contributed by atoms with Gasteiger partial charge in [-0.1, -0.05) is 0 Å². The molecule has 9 heteroatoms. The van der Waals surface area contributed by atoms with Crippen molar-refractivity contribution in [2.75, 3.05) is 17.7 Å². The van der Waals surface area contributed by atoms with E-state index in [1.807, 2.05) is 0 Å². The predicted molar refractivity (Wildman–Crippen MR) is 70.8 cm³/mol. The Labute approximate surface area is 116 Å². The molecule has 2 heterocycles. The third kappa shape index (κ3) is 2.33. The molecular weight excluding hydrogens is 285 g/mol. The van der Waals surface area contributed by atoms with Crippen LogP contribution in [-0.4, -0.2) is 27.2 Å². The van der Waals surface area contributed by atoms with Gasteiger partial charge in [0.2, 0.25) is 5.95 Å². The van der Waals surface area contributed by atoms with Crippen LogP contribution in [0.15, 0.2) is 18.3 Å². The summed E-state index contributed by atoms with van der Waals surface area (Å²) in [5, 5.41) is 12.2. The van der Waals surface area contributed by atoms with Gasteiger partial charge in [-0.05, 0) is 0 Å². The molecule has 0 radical (unpaired) electrons. The summed E-state index contributed by atoms with van der Waals surface area (Å²) in [6.45, 7) is 0. The van der Waals surface area contributed by atoms with E-state index in [0.717, 1.165) is 6.07 Å². The minimum absolute atomic E-state index is 0.169. The zero-order chi connectivity index (χ0) is 15.0. The van der Waals surface area contributed by atoms with E-state index in [4.69, 9.17) is 0 Å². The van der Waals surface area contributed by atoms with E-state index in [9.17, 15) is 13.2 Å². The molecule has 0 saturated carbocycles. The second-order valence-electron chi connectivity index (χ2n) is 4.15. The van der Waals surface area contributed by atoms with Crippen LogP contribution in [0.1, 0.15) is 0 Å². The molecule has 3 N–H and O–H groups in total. The first-order valence-corrected chi connectivity index (χ1v) is 5.89. The number of fused-ring (bicyclic) bond motifs is 1. The van der Waals surface area contributed by atoms with Crippen LogP contribution in [0.5, 0.6) is 0 Å². The van der Waals surface area contributed by atoms with Crippen LogP contribution >= 0.6 is 0 Å². The lowest BCUT2D eigenvalue weighted by atomic mass is 10.2.